The maximum absolute atomic E-state index is 11.9. The number of halogens is 1. The number of fused-ring (bicyclic) bond motifs is 1. The Bertz CT molecular complexity index is 695. The number of hydrogen-bond acceptors (Lipinski definition) is 4. The second-order valence-electron chi connectivity index (χ2n) is 4.32. The van der Waals surface area contributed by atoms with Gasteiger partial charge in [0.25, 0.3) is 0 Å². The zero-order valence-corrected chi connectivity index (χ0v) is 12.5. The minimum atomic E-state index is -0.0463. The standard InChI is InChI=1S/C16H11ClO3S/c17-12-3-5-13(6-4-12)21-16(18)8-2-11-1-7-14-15(9-11)20-10-19-14/h1-9H,10H2. The maximum atomic E-state index is 11.9. The van der Waals surface area contributed by atoms with Gasteiger partial charge in [0.05, 0.1) is 0 Å². The molecule has 0 aromatic heterocycles. The van der Waals surface area contributed by atoms with E-state index in [0.29, 0.717) is 10.8 Å². The summed E-state index contributed by atoms with van der Waals surface area (Å²) in [5.74, 6) is 1.43. The van der Waals surface area contributed by atoms with E-state index in [2.05, 4.69) is 0 Å². The highest BCUT2D eigenvalue weighted by molar-refractivity contribution is 8.14. The van der Waals surface area contributed by atoms with Crippen LogP contribution in [0.25, 0.3) is 6.08 Å². The molecule has 3 nitrogen and oxygen atoms in total. The molecule has 3 rings (SSSR count). The quantitative estimate of drug-likeness (QED) is 0.620. The van der Waals surface area contributed by atoms with Crippen LogP contribution < -0.4 is 9.47 Å². The van der Waals surface area contributed by atoms with Crippen LogP contribution in [-0.4, -0.2) is 11.9 Å². The molecule has 2 aromatic carbocycles. The SMILES string of the molecule is O=C(C=Cc1ccc2c(c1)OCO2)Sc1ccc(Cl)cc1. The molecule has 5 heteroatoms. The molecule has 0 radical (unpaired) electrons. The van der Waals surface area contributed by atoms with Gasteiger partial charge in [-0.15, -0.1) is 0 Å². The number of hydrogen-bond donors (Lipinski definition) is 0. The van der Waals surface area contributed by atoms with Gasteiger partial charge in [-0.3, -0.25) is 4.79 Å². The summed E-state index contributed by atoms with van der Waals surface area (Å²) < 4.78 is 10.5. The van der Waals surface area contributed by atoms with Crippen molar-refractivity contribution in [3.8, 4) is 11.5 Å². The Balaban J connectivity index is 1.65. The fourth-order valence-corrected chi connectivity index (χ4v) is 2.60. The molecular weight excluding hydrogens is 308 g/mol. The maximum Gasteiger partial charge on any atom is 0.231 e. The highest BCUT2D eigenvalue weighted by Crippen LogP contribution is 2.33. The van der Waals surface area contributed by atoms with Crippen LogP contribution in [0.3, 0.4) is 0 Å². The van der Waals surface area contributed by atoms with Gasteiger partial charge in [0, 0.05) is 9.92 Å². The first-order chi connectivity index (χ1) is 10.2. The van der Waals surface area contributed by atoms with Gasteiger partial charge >= 0.3 is 0 Å². The molecule has 0 unspecified atom stereocenters. The van der Waals surface area contributed by atoms with Crippen LogP contribution in [0.15, 0.2) is 53.4 Å². The zero-order valence-electron chi connectivity index (χ0n) is 10.9. The number of ether oxygens (including phenoxy) is 2. The minimum Gasteiger partial charge on any atom is -0.454 e. The van der Waals surface area contributed by atoms with E-state index in [4.69, 9.17) is 21.1 Å². The van der Waals surface area contributed by atoms with E-state index in [1.165, 1.54) is 6.08 Å². The molecule has 1 aliphatic rings. The Morgan fingerprint density at radius 2 is 1.86 bits per heavy atom. The second kappa shape index (κ2) is 6.24. The fraction of sp³-hybridized carbons (Fsp3) is 0.0625. The number of rotatable bonds is 3. The molecule has 21 heavy (non-hydrogen) atoms. The molecule has 1 heterocycles. The average molecular weight is 319 g/mol. The van der Waals surface area contributed by atoms with Crippen LogP contribution in [0.2, 0.25) is 5.02 Å². The Morgan fingerprint density at radius 1 is 1.10 bits per heavy atom. The van der Waals surface area contributed by atoms with Crippen molar-refractivity contribution in [3.63, 3.8) is 0 Å². The lowest BCUT2D eigenvalue weighted by atomic mass is 10.2. The van der Waals surface area contributed by atoms with Crippen LogP contribution in [0.1, 0.15) is 5.56 Å². The summed E-state index contributed by atoms with van der Waals surface area (Å²) in [4.78, 5) is 12.8. The molecule has 0 amide bonds. The van der Waals surface area contributed by atoms with Crippen molar-refractivity contribution in [3.05, 3.63) is 59.1 Å². The smallest absolute Gasteiger partial charge is 0.231 e. The molecule has 0 saturated heterocycles. The molecule has 0 atom stereocenters. The van der Waals surface area contributed by atoms with Crippen molar-refractivity contribution in [1.82, 2.24) is 0 Å². The van der Waals surface area contributed by atoms with Crippen LogP contribution in [0.5, 0.6) is 11.5 Å². The molecule has 0 bridgehead atoms. The summed E-state index contributed by atoms with van der Waals surface area (Å²) in [6, 6.07) is 12.7. The Morgan fingerprint density at radius 3 is 2.67 bits per heavy atom. The largest absolute Gasteiger partial charge is 0.454 e. The summed E-state index contributed by atoms with van der Waals surface area (Å²) >= 11 is 6.96. The molecule has 1 aliphatic heterocycles. The first-order valence-electron chi connectivity index (χ1n) is 6.26. The van der Waals surface area contributed by atoms with Crippen molar-refractivity contribution in [1.29, 1.82) is 0 Å². The van der Waals surface area contributed by atoms with Gasteiger partial charge in [-0.25, -0.2) is 0 Å². The second-order valence-corrected chi connectivity index (χ2v) is 5.84. The predicted molar refractivity (Wildman–Crippen MR) is 83.9 cm³/mol. The lowest BCUT2D eigenvalue weighted by Crippen LogP contribution is -1.92. The van der Waals surface area contributed by atoms with E-state index in [0.717, 1.165) is 28.0 Å². The number of benzene rings is 2. The number of thioether (sulfide) groups is 1. The normalized spacial score (nSPS) is 12.8. The first kappa shape index (κ1) is 14.0. The lowest BCUT2D eigenvalue weighted by Gasteiger charge is -1.98. The predicted octanol–water partition coefficient (Wildman–Crippen LogP) is 4.40. The average Bonchev–Trinajstić information content (AvgIpc) is 2.95. The molecule has 0 saturated carbocycles. The van der Waals surface area contributed by atoms with Gasteiger partial charge < -0.3 is 9.47 Å². The highest BCUT2D eigenvalue weighted by Gasteiger charge is 2.12. The number of carbonyl (C=O) groups excluding carboxylic acids is 1. The van der Waals surface area contributed by atoms with Gasteiger partial charge in [-0.05, 0) is 59.8 Å². The number of carbonyl (C=O) groups is 1. The Hall–Kier alpha value is -1.91. The van der Waals surface area contributed by atoms with Crippen LogP contribution in [-0.2, 0) is 4.79 Å². The first-order valence-corrected chi connectivity index (χ1v) is 7.45. The third-order valence-electron chi connectivity index (χ3n) is 2.84. The lowest BCUT2D eigenvalue weighted by molar-refractivity contribution is -0.107. The summed E-state index contributed by atoms with van der Waals surface area (Å²) in [5.41, 5.74) is 0.893. The van der Waals surface area contributed by atoms with E-state index in [1.54, 1.807) is 18.2 Å². The van der Waals surface area contributed by atoms with Crippen LogP contribution in [0.4, 0.5) is 0 Å². The summed E-state index contributed by atoms with van der Waals surface area (Å²) in [7, 11) is 0. The van der Waals surface area contributed by atoms with E-state index in [-0.39, 0.29) is 11.9 Å². The van der Waals surface area contributed by atoms with Crippen molar-refractivity contribution < 1.29 is 14.3 Å². The van der Waals surface area contributed by atoms with E-state index in [9.17, 15) is 4.79 Å². The van der Waals surface area contributed by atoms with Gasteiger partial charge in [0.2, 0.25) is 11.9 Å². The fourth-order valence-electron chi connectivity index (χ4n) is 1.83. The molecule has 0 fully saturated rings. The van der Waals surface area contributed by atoms with E-state index >= 15 is 0 Å². The van der Waals surface area contributed by atoms with Gasteiger partial charge in [-0.1, -0.05) is 23.7 Å². The molecular formula is C16H11ClO3S. The van der Waals surface area contributed by atoms with E-state index < -0.39 is 0 Å². The van der Waals surface area contributed by atoms with Gasteiger partial charge in [0.15, 0.2) is 11.5 Å². The third-order valence-corrected chi connectivity index (χ3v) is 3.94. The molecule has 2 aromatic rings. The molecule has 106 valence electrons. The monoisotopic (exact) mass is 318 g/mol. The summed E-state index contributed by atoms with van der Waals surface area (Å²) in [5, 5.41) is 0.609. The highest BCUT2D eigenvalue weighted by atomic mass is 35.5. The van der Waals surface area contributed by atoms with Gasteiger partial charge in [-0.2, -0.15) is 0 Å². The van der Waals surface area contributed by atoms with Crippen LogP contribution in [0, 0.1) is 0 Å². The molecule has 0 spiro atoms. The van der Waals surface area contributed by atoms with E-state index in [1.807, 2.05) is 30.3 Å². The van der Waals surface area contributed by atoms with Crippen molar-refractivity contribution in [2.45, 2.75) is 4.90 Å². The summed E-state index contributed by atoms with van der Waals surface area (Å²) in [6.45, 7) is 0.244. The Labute approximate surface area is 131 Å². The van der Waals surface area contributed by atoms with Crippen molar-refractivity contribution >= 4 is 34.6 Å². The third kappa shape index (κ3) is 3.60. The molecule has 0 aliphatic carbocycles. The van der Waals surface area contributed by atoms with Gasteiger partial charge in [0.1, 0.15) is 0 Å². The van der Waals surface area contributed by atoms with Crippen molar-refractivity contribution in [2.75, 3.05) is 6.79 Å². The topological polar surface area (TPSA) is 35.5 Å². The van der Waals surface area contributed by atoms with Crippen molar-refractivity contribution in [2.24, 2.45) is 0 Å². The molecule has 0 N–H and O–H groups in total. The zero-order chi connectivity index (χ0) is 14.7. The summed E-state index contributed by atoms with van der Waals surface area (Å²) in [6.07, 6.45) is 3.30. The Kier molecular flexibility index (Phi) is 4.18. The van der Waals surface area contributed by atoms with Crippen LogP contribution >= 0.6 is 23.4 Å². The minimum absolute atomic E-state index is 0.0463.